The minimum Gasteiger partial charge on any atom is -0.293 e. The molecule has 0 spiro atoms. The largest absolute Gasteiger partial charge is 0.338 e. The minimum absolute atomic E-state index is 0.0233. The van der Waals surface area contributed by atoms with E-state index in [9.17, 15) is 4.79 Å². The molecule has 0 aromatic rings. The first-order valence-corrected chi connectivity index (χ1v) is 9.09. The standard InChI is InChI=1S/C17H30N4O/c1-13(2)15-16(18-14-9-5-3-6-10-14)19-17(22)21(15)20-11-7-4-8-12-20/h13-15H,3-12H2,1-2H3,(H,18,19,22). The van der Waals surface area contributed by atoms with Gasteiger partial charge in [-0.05, 0) is 31.6 Å². The molecule has 2 saturated heterocycles. The van der Waals surface area contributed by atoms with Gasteiger partial charge in [-0.1, -0.05) is 39.5 Å². The van der Waals surface area contributed by atoms with E-state index >= 15 is 0 Å². The van der Waals surface area contributed by atoms with Crippen LogP contribution in [0.5, 0.6) is 0 Å². The Hall–Kier alpha value is -1.10. The Balaban J connectivity index is 1.78. The summed E-state index contributed by atoms with van der Waals surface area (Å²) in [6.07, 6.45) is 9.88. The Bertz CT molecular complexity index is 422. The first-order valence-electron chi connectivity index (χ1n) is 9.09. The summed E-state index contributed by atoms with van der Waals surface area (Å²) in [6.45, 7) is 6.37. The maximum absolute atomic E-state index is 12.5. The van der Waals surface area contributed by atoms with Crippen LogP contribution >= 0.6 is 0 Å². The van der Waals surface area contributed by atoms with E-state index in [-0.39, 0.29) is 12.1 Å². The van der Waals surface area contributed by atoms with Crippen LogP contribution < -0.4 is 5.32 Å². The molecule has 0 aromatic carbocycles. The smallest absolute Gasteiger partial charge is 0.293 e. The average Bonchev–Trinajstić information content (AvgIpc) is 2.85. The van der Waals surface area contributed by atoms with Crippen molar-refractivity contribution in [2.75, 3.05) is 13.1 Å². The number of nitrogens with zero attached hydrogens (tertiary/aromatic N) is 3. The minimum atomic E-state index is 0.0233. The molecule has 0 radical (unpaired) electrons. The van der Waals surface area contributed by atoms with Gasteiger partial charge in [-0.15, -0.1) is 0 Å². The second kappa shape index (κ2) is 6.99. The van der Waals surface area contributed by atoms with Crippen molar-refractivity contribution in [1.29, 1.82) is 0 Å². The molecule has 5 nitrogen and oxygen atoms in total. The number of piperidine rings is 1. The highest BCUT2D eigenvalue weighted by Crippen LogP contribution is 2.26. The van der Waals surface area contributed by atoms with Gasteiger partial charge in [-0.3, -0.25) is 10.3 Å². The van der Waals surface area contributed by atoms with Crippen molar-refractivity contribution < 1.29 is 4.79 Å². The van der Waals surface area contributed by atoms with Crippen LogP contribution in [0.1, 0.15) is 65.2 Å². The third-order valence-electron chi connectivity index (χ3n) is 5.15. The summed E-state index contributed by atoms with van der Waals surface area (Å²) in [7, 11) is 0. The van der Waals surface area contributed by atoms with Crippen LogP contribution in [-0.2, 0) is 0 Å². The van der Waals surface area contributed by atoms with E-state index in [1.165, 1.54) is 51.4 Å². The van der Waals surface area contributed by atoms with E-state index in [4.69, 9.17) is 4.99 Å². The predicted molar refractivity (Wildman–Crippen MR) is 88.7 cm³/mol. The molecule has 1 N–H and O–H groups in total. The molecule has 1 aliphatic carbocycles. The molecule has 3 aliphatic rings. The maximum atomic E-state index is 12.5. The van der Waals surface area contributed by atoms with Crippen LogP contribution in [0.15, 0.2) is 4.99 Å². The monoisotopic (exact) mass is 306 g/mol. The van der Waals surface area contributed by atoms with Crippen molar-refractivity contribution in [3.8, 4) is 0 Å². The zero-order valence-corrected chi connectivity index (χ0v) is 14.1. The summed E-state index contributed by atoms with van der Waals surface area (Å²) in [5.41, 5.74) is 0. The normalized spacial score (nSPS) is 30.3. The zero-order valence-electron chi connectivity index (χ0n) is 14.1. The number of hydrazine groups is 1. The molecule has 0 aromatic heterocycles. The van der Waals surface area contributed by atoms with Gasteiger partial charge in [0, 0.05) is 13.1 Å². The van der Waals surface area contributed by atoms with Gasteiger partial charge >= 0.3 is 6.03 Å². The second-order valence-electron chi connectivity index (χ2n) is 7.28. The van der Waals surface area contributed by atoms with Crippen LogP contribution in [0, 0.1) is 5.92 Å². The van der Waals surface area contributed by atoms with Crippen molar-refractivity contribution >= 4 is 11.9 Å². The average molecular weight is 306 g/mol. The summed E-state index contributed by atoms with van der Waals surface area (Å²) in [6, 6.07) is 0.522. The van der Waals surface area contributed by atoms with E-state index in [0.717, 1.165) is 18.9 Å². The van der Waals surface area contributed by atoms with Crippen molar-refractivity contribution in [2.45, 2.75) is 77.3 Å². The van der Waals surface area contributed by atoms with Crippen LogP contribution in [0.25, 0.3) is 0 Å². The fourth-order valence-corrected chi connectivity index (χ4v) is 3.99. The lowest BCUT2D eigenvalue weighted by molar-refractivity contribution is -0.0156. The Morgan fingerprint density at radius 1 is 1.05 bits per heavy atom. The van der Waals surface area contributed by atoms with Crippen LogP contribution in [-0.4, -0.2) is 47.1 Å². The number of aliphatic imine (C=N–C) groups is 1. The summed E-state index contributed by atoms with van der Waals surface area (Å²) in [4.78, 5) is 17.5. The van der Waals surface area contributed by atoms with Gasteiger partial charge in [-0.2, -0.15) is 0 Å². The van der Waals surface area contributed by atoms with Gasteiger partial charge in [-0.25, -0.2) is 14.8 Å². The molecule has 1 unspecified atom stereocenters. The number of hydrogen-bond acceptors (Lipinski definition) is 3. The number of nitrogens with one attached hydrogen (secondary N) is 1. The molecule has 22 heavy (non-hydrogen) atoms. The molecule has 3 rings (SSSR count). The lowest BCUT2D eigenvalue weighted by Gasteiger charge is -2.38. The summed E-state index contributed by atoms with van der Waals surface area (Å²) in [5.74, 6) is 1.29. The number of amides is 2. The molecule has 3 fully saturated rings. The predicted octanol–water partition coefficient (Wildman–Crippen LogP) is 3.17. The SMILES string of the molecule is CC(C)C1C(=NC2CCCCC2)NC(=O)N1N1CCCCC1. The third kappa shape index (κ3) is 3.29. The fourth-order valence-electron chi connectivity index (χ4n) is 3.99. The van der Waals surface area contributed by atoms with E-state index in [2.05, 4.69) is 24.2 Å². The molecular formula is C17H30N4O. The topological polar surface area (TPSA) is 47.9 Å². The Morgan fingerprint density at radius 2 is 1.68 bits per heavy atom. The zero-order chi connectivity index (χ0) is 15.5. The maximum Gasteiger partial charge on any atom is 0.338 e. The summed E-state index contributed by atoms with van der Waals surface area (Å²) < 4.78 is 0. The first-order chi connectivity index (χ1) is 10.7. The number of urea groups is 1. The quantitative estimate of drug-likeness (QED) is 0.870. The lowest BCUT2D eigenvalue weighted by Crippen LogP contribution is -2.52. The molecule has 2 amide bonds. The molecule has 2 heterocycles. The van der Waals surface area contributed by atoms with Gasteiger partial charge < -0.3 is 0 Å². The summed E-state index contributed by atoms with van der Waals surface area (Å²) in [5, 5.41) is 7.28. The van der Waals surface area contributed by atoms with Crippen LogP contribution in [0.2, 0.25) is 0 Å². The van der Waals surface area contributed by atoms with E-state index < -0.39 is 0 Å². The number of hydrogen-bond donors (Lipinski definition) is 1. The first kappa shape index (κ1) is 15.8. The van der Waals surface area contributed by atoms with Crippen LogP contribution in [0.4, 0.5) is 4.79 Å². The van der Waals surface area contributed by atoms with Gasteiger partial charge in [0.1, 0.15) is 11.9 Å². The Kier molecular flexibility index (Phi) is 5.01. The number of carbonyl (C=O) groups excluding carboxylic acids is 1. The van der Waals surface area contributed by atoms with Crippen molar-refractivity contribution in [1.82, 2.24) is 15.3 Å². The highest BCUT2D eigenvalue weighted by atomic mass is 16.2. The van der Waals surface area contributed by atoms with Crippen molar-refractivity contribution in [2.24, 2.45) is 10.9 Å². The van der Waals surface area contributed by atoms with E-state index in [1.807, 2.05) is 5.01 Å². The van der Waals surface area contributed by atoms with E-state index in [0.29, 0.717) is 12.0 Å². The molecular weight excluding hydrogens is 276 g/mol. The molecule has 0 bridgehead atoms. The van der Waals surface area contributed by atoms with E-state index in [1.54, 1.807) is 0 Å². The van der Waals surface area contributed by atoms with Crippen molar-refractivity contribution in [3.63, 3.8) is 0 Å². The van der Waals surface area contributed by atoms with Crippen molar-refractivity contribution in [3.05, 3.63) is 0 Å². The van der Waals surface area contributed by atoms with Gasteiger partial charge in [0.15, 0.2) is 0 Å². The summed E-state index contributed by atoms with van der Waals surface area (Å²) >= 11 is 0. The number of amidine groups is 1. The Morgan fingerprint density at radius 3 is 2.32 bits per heavy atom. The molecule has 124 valence electrons. The molecule has 5 heteroatoms. The third-order valence-corrected chi connectivity index (χ3v) is 5.15. The number of rotatable bonds is 3. The highest BCUT2D eigenvalue weighted by molar-refractivity contribution is 6.07. The van der Waals surface area contributed by atoms with Gasteiger partial charge in [0.25, 0.3) is 0 Å². The second-order valence-corrected chi connectivity index (χ2v) is 7.28. The van der Waals surface area contributed by atoms with Crippen LogP contribution in [0.3, 0.4) is 0 Å². The lowest BCUT2D eigenvalue weighted by atomic mass is 9.95. The molecule has 1 atom stereocenters. The number of carbonyl (C=O) groups is 1. The molecule has 1 saturated carbocycles. The fraction of sp³-hybridized carbons (Fsp3) is 0.882. The molecule has 2 aliphatic heterocycles. The highest BCUT2D eigenvalue weighted by Gasteiger charge is 2.42. The Labute approximate surface area is 134 Å². The van der Waals surface area contributed by atoms with Gasteiger partial charge in [0.05, 0.1) is 6.04 Å². The van der Waals surface area contributed by atoms with Gasteiger partial charge in [0.2, 0.25) is 0 Å².